The molecule has 0 unspecified atom stereocenters. The number of non-ortho nitro benzene ring substituents is 1. The van der Waals surface area contributed by atoms with Gasteiger partial charge in [-0.05, 0) is 11.6 Å². The zero-order chi connectivity index (χ0) is 12.4. The van der Waals surface area contributed by atoms with Gasteiger partial charge in [0.1, 0.15) is 0 Å². The second kappa shape index (κ2) is 4.50. The highest BCUT2D eigenvalue weighted by Crippen LogP contribution is 2.31. The quantitative estimate of drug-likeness (QED) is 0.580. The van der Waals surface area contributed by atoms with Crippen LogP contribution in [0.5, 0.6) is 0 Å². The molecule has 0 atom stereocenters. The Hall–Kier alpha value is -1.95. The lowest BCUT2D eigenvalue weighted by atomic mass is 10.1. The van der Waals surface area contributed by atoms with E-state index < -0.39 is 4.92 Å². The summed E-state index contributed by atoms with van der Waals surface area (Å²) in [6.45, 7) is 0.919. The minimum absolute atomic E-state index is 0.0186. The van der Waals surface area contributed by atoms with Gasteiger partial charge in [0.15, 0.2) is 0 Å². The summed E-state index contributed by atoms with van der Waals surface area (Å²) >= 11 is 0. The minimum atomic E-state index is -0.456. The van der Waals surface area contributed by atoms with Crippen LogP contribution in [0, 0.1) is 10.1 Å². The van der Waals surface area contributed by atoms with Gasteiger partial charge in [0.2, 0.25) is 5.91 Å². The summed E-state index contributed by atoms with van der Waals surface area (Å²) < 4.78 is 4.93. The number of methoxy groups -OCH3 is 1. The molecule has 0 N–H and O–H groups in total. The topological polar surface area (TPSA) is 72.7 Å². The molecule has 1 aromatic rings. The minimum Gasteiger partial charge on any atom is -0.383 e. The average molecular weight is 236 g/mol. The Morgan fingerprint density at radius 2 is 2.29 bits per heavy atom. The first-order chi connectivity index (χ1) is 8.13. The predicted molar refractivity (Wildman–Crippen MR) is 61.0 cm³/mol. The molecule has 0 fully saturated rings. The van der Waals surface area contributed by atoms with E-state index in [-0.39, 0.29) is 18.0 Å². The maximum atomic E-state index is 11.7. The Kier molecular flexibility index (Phi) is 3.06. The number of carbonyl (C=O) groups is 1. The number of fused-ring (bicyclic) bond motifs is 1. The summed E-state index contributed by atoms with van der Waals surface area (Å²) in [5, 5.41) is 10.6. The van der Waals surface area contributed by atoms with Gasteiger partial charge in [-0.1, -0.05) is 0 Å². The molecular weight excluding hydrogens is 224 g/mol. The van der Waals surface area contributed by atoms with Crippen molar-refractivity contribution in [1.29, 1.82) is 0 Å². The molecular formula is C11H12N2O4. The second-order valence-corrected chi connectivity index (χ2v) is 3.79. The zero-order valence-corrected chi connectivity index (χ0v) is 9.38. The van der Waals surface area contributed by atoms with Crippen LogP contribution >= 0.6 is 0 Å². The summed E-state index contributed by atoms with van der Waals surface area (Å²) in [6, 6.07) is 4.49. The monoisotopic (exact) mass is 236 g/mol. The Morgan fingerprint density at radius 1 is 1.53 bits per heavy atom. The van der Waals surface area contributed by atoms with Crippen molar-refractivity contribution in [2.24, 2.45) is 0 Å². The van der Waals surface area contributed by atoms with Crippen LogP contribution in [0.1, 0.15) is 5.56 Å². The predicted octanol–water partition coefficient (Wildman–Crippen LogP) is 1.13. The van der Waals surface area contributed by atoms with E-state index in [0.717, 1.165) is 5.69 Å². The first kappa shape index (κ1) is 11.5. The normalized spacial score (nSPS) is 13.9. The van der Waals surface area contributed by atoms with Crippen molar-refractivity contribution in [2.45, 2.75) is 6.42 Å². The van der Waals surface area contributed by atoms with Crippen molar-refractivity contribution in [3.63, 3.8) is 0 Å². The molecule has 2 rings (SSSR count). The molecule has 0 saturated heterocycles. The van der Waals surface area contributed by atoms with Crippen molar-refractivity contribution in [1.82, 2.24) is 0 Å². The number of carbonyl (C=O) groups excluding carboxylic acids is 1. The third-order valence-electron chi connectivity index (χ3n) is 2.73. The van der Waals surface area contributed by atoms with Gasteiger partial charge in [0.25, 0.3) is 5.69 Å². The highest BCUT2D eigenvalue weighted by atomic mass is 16.6. The highest BCUT2D eigenvalue weighted by Gasteiger charge is 2.28. The molecule has 90 valence electrons. The maximum Gasteiger partial charge on any atom is 0.269 e. The van der Waals surface area contributed by atoms with Crippen LogP contribution in [0.25, 0.3) is 0 Å². The van der Waals surface area contributed by atoms with E-state index in [2.05, 4.69) is 0 Å². The van der Waals surface area contributed by atoms with Gasteiger partial charge in [0.05, 0.1) is 18.0 Å². The third-order valence-corrected chi connectivity index (χ3v) is 2.73. The van der Waals surface area contributed by atoms with Crippen LogP contribution in [0.2, 0.25) is 0 Å². The van der Waals surface area contributed by atoms with Crippen LogP contribution in [-0.2, 0) is 16.0 Å². The number of amides is 1. The van der Waals surface area contributed by atoms with E-state index in [9.17, 15) is 14.9 Å². The summed E-state index contributed by atoms with van der Waals surface area (Å²) in [5.74, 6) is -0.0439. The third kappa shape index (κ3) is 2.12. The van der Waals surface area contributed by atoms with Gasteiger partial charge < -0.3 is 9.64 Å². The number of hydrogen-bond acceptors (Lipinski definition) is 4. The molecule has 6 nitrogen and oxygen atoms in total. The molecule has 1 aromatic carbocycles. The van der Waals surface area contributed by atoms with Crippen LogP contribution in [0.15, 0.2) is 18.2 Å². The number of benzene rings is 1. The summed E-state index contributed by atoms with van der Waals surface area (Å²) in [5.41, 5.74) is 1.48. The number of nitro benzene ring substituents is 1. The van der Waals surface area contributed by atoms with E-state index in [1.165, 1.54) is 12.1 Å². The molecule has 17 heavy (non-hydrogen) atoms. The summed E-state index contributed by atoms with van der Waals surface area (Å²) in [7, 11) is 1.57. The maximum absolute atomic E-state index is 11.7. The lowest BCUT2D eigenvalue weighted by Gasteiger charge is -2.16. The van der Waals surface area contributed by atoms with E-state index >= 15 is 0 Å². The van der Waals surface area contributed by atoms with Crippen molar-refractivity contribution in [3.05, 3.63) is 33.9 Å². The van der Waals surface area contributed by atoms with Crippen molar-refractivity contribution in [2.75, 3.05) is 25.2 Å². The molecule has 6 heteroatoms. The lowest BCUT2D eigenvalue weighted by Crippen LogP contribution is -2.30. The molecule has 0 saturated carbocycles. The lowest BCUT2D eigenvalue weighted by molar-refractivity contribution is -0.384. The first-order valence-corrected chi connectivity index (χ1v) is 5.20. The highest BCUT2D eigenvalue weighted by molar-refractivity contribution is 6.01. The molecule has 1 heterocycles. The Bertz CT molecular complexity index is 473. The molecule has 0 spiro atoms. The smallest absolute Gasteiger partial charge is 0.269 e. The fraction of sp³-hybridized carbons (Fsp3) is 0.364. The standard InChI is InChI=1S/C11H12N2O4/c1-17-5-4-12-10-3-2-9(13(15)16)6-8(10)7-11(12)14/h2-3,6H,4-5,7H2,1H3. The molecule has 0 aliphatic carbocycles. The van der Waals surface area contributed by atoms with Gasteiger partial charge in [-0.2, -0.15) is 0 Å². The molecule has 1 amide bonds. The van der Waals surface area contributed by atoms with Gasteiger partial charge in [-0.25, -0.2) is 0 Å². The van der Waals surface area contributed by atoms with Crippen LogP contribution in [-0.4, -0.2) is 31.1 Å². The molecule has 0 radical (unpaired) electrons. The van der Waals surface area contributed by atoms with Gasteiger partial charge in [-0.15, -0.1) is 0 Å². The van der Waals surface area contributed by atoms with Gasteiger partial charge >= 0.3 is 0 Å². The first-order valence-electron chi connectivity index (χ1n) is 5.20. The summed E-state index contributed by atoms with van der Waals surface area (Å²) in [4.78, 5) is 23.5. The van der Waals surface area contributed by atoms with Gasteiger partial charge in [0, 0.05) is 31.5 Å². The van der Waals surface area contributed by atoms with Crippen LogP contribution in [0.4, 0.5) is 11.4 Å². The van der Waals surface area contributed by atoms with Crippen molar-refractivity contribution >= 4 is 17.3 Å². The SMILES string of the molecule is COCCN1C(=O)Cc2cc([N+](=O)[O-])ccc21. The Balaban J connectivity index is 2.28. The number of nitro groups is 1. The number of hydrogen-bond donors (Lipinski definition) is 0. The zero-order valence-electron chi connectivity index (χ0n) is 9.38. The average Bonchev–Trinajstić information content (AvgIpc) is 2.61. The second-order valence-electron chi connectivity index (χ2n) is 3.79. The van der Waals surface area contributed by atoms with Gasteiger partial charge in [-0.3, -0.25) is 14.9 Å². The van der Waals surface area contributed by atoms with Crippen LogP contribution < -0.4 is 4.90 Å². The van der Waals surface area contributed by atoms with E-state index in [1.807, 2.05) is 0 Å². The number of anilines is 1. The molecule has 0 bridgehead atoms. The Labute approximate surface area is 97.9 Å². The molecule has 1 aliphatic heterocycles. The van der Waals surface area contributed by atoms with E-state index in [0.29, 0.717) is 18.7 Å². The Morgan fingerprint density at radius 3 is 2.94 bits per heavy atom. The number of rotatable bonds is 4. The fourth-order valence-corrected chi connectivity index (χ4v) is 1.91. The fourth-order valence-electron chi connectivity index (χ4n) is 1.91. The number of ether oxygens (including phenoxy) is 1. The van der Waals surface area contributed by atoms with E-state index in [4.69, 9.17) is 4.74 Å². The van der Waals surface area contributed by atoms with E-state index in [1.54, 1.807) is 18.1 Å². The number of nitrogens with zero attached hydrogens (tertiary/aromatic N) is 2. The molecule has 1 aliphatic rings. The van der Waals surface area contributed by atoms with Crippen molar-refractivity contribution in [3.8, 4) is 0 Å². The molecule has 0 aromatic heterocycles. The van der Waals surface area contributed by atoms with Crippen LogP contribution in [0.3, 0.4) is 0 Å². The van der Waals surface area contributed by atoms with Crippen molar-refractivity contribution < 1.29 is 14.5 Å². The largest absolute Gasteiger partial charge is 0.383 e. The summed E-state index contributed by atoms with van der Waals surface area (Å²) in [6.07, 6.45) is 0.223.